The summed E-state index contributed by atoms with van der Waals surface area (Å²) >= 11 is 0. The fourth-order valence-corrected chi connectivity index (χ4v) is 4.83. The highest BCUT2D eigenvalue weighted by Gasteiger charge is 2.38. The largest absolute Gasteiger partial charge is 0.488 e. The molecule has 1 aliphatic rings. The summed E-state index contributed by atoms with van der Waals surface area (Å²) in [5, 5.41) is 0. The zero-order valence-electron chi connectivity index (χ0n) is 17.2. The molecule has 0 N–H and O–H groups in total. The normalized spacial score (nSPS) is 19.0. The average Bonchev–Trinajstić information content (AvgIpc) is 2.66. The maximum Gasteiger partial charge on any atom is 0.271 e. The molecule has 0 amide bonds. The van der Waals surface area contributed by atoms with Crippen molar-refractivity contribution in [1.29, 1.82) is 0 Å². The van der Waals surface area contributed by atoms with Crippen LogP contribution in [0.3, 0.4) is 0 Å². The Hall–Kier alpha value is -2.05. The highest BCUT2D eigenvalue weighted by atomic mass is 32.2. The van der Waals surface area contributed by atoms with Gasteiger partial charge in [-0.25, -0.2) is 0 Å². The molecule has 0 radical (unpaired) electrons. The van der Waals surface area contributed by atoms with Crippen molar-refractivity contribution in [3.05, 3.63) is 58.1 Å². The van der Waals surface area contributed by atoms with Gasteiger partial charge in [0.1, 0.15) is 29.5 Å². The van der Waals surface area contributed by atoms with Crippen LogP contribution in [-0.4, -0.2) is 26.9 Å². The van der Waals surface area contributed by atoms with Crippen molar-refractivity contribution >= 4 is 10.1 Å². The Morgan fingerprint density at radius 2 is 1.75 bits per heavy atom. The summed E-state index contributed by atoms with van der Waals surface area (Å²) in [5.41, 5.74) is 4.47. The van der Waals surface area contributed by atoms with E-state index in [1.54, 1.807) is 0 Å². The first-order valence-corrected chi connectivity index (χ1v) is 11.0. The minimum Gasteiger partial charge on any atom is -0.488 e. The molecule has 3 rings (SSSR count). The molecule has 2 aromatic carbocycles. The van der Waals surface area contributed by atoms with E-state index in [2.05, 4.69) is 4.18 Å². The van der Waals surface area contributed by atoms with E-state index in [1.807, 2.05) is 58.0 Å². The molecule has 0 aliphatic carbocycles. The number of fused-ring (bicyclic) bond motifs is 1. The summed E-state index contributed by atoms with van der Waals surface area (Å²) in [6.07, 6.45) is 1.34. The number of rotatable bonds is 6. The topological polar surface area (TPSA) is 61.8 Å². The van der Waals surface area contributed by atoms with Crippen molar-refractivity contribution in [2.45, 2.75) is 52.7 Å². The van der Waals surface area contributed by atoms with Gasteiger partial charge in [-0.05, 0) is 62.8 Å². The highest BCUT2D eigenvalue weighted by molar-refractivity contribution is 7.86. The van der Waals surface area contributed by atoms with Gasteiger partial charge in [0.15, 0.2) is 0 Å². The Morgan fingerprint density at radius 3 is 2.39 bits per heavy atom. The van der Waals surface area contributed by atoms with Crippen molar-refractivity contribution in [3.8, 4) is 11.5 Å². The molecule has 0 aromatic heterocycles. The lowest BCUT2D eigenvalue weighted by atomic mass is 9.88. The molecule has 2 aromatic rings. The van der Waals surface area contributed by atoms with Gasteiger partial charge in [-0.3, -0.25) is 4.18 Å². The predicted molar refractivity (Wildman–Crippen MR) is 110 cm³/mol. The molecule has 28 heavy (non-hydrogen) atoms. The molecule has 0 bridgehead atoms. The van der Waals surface area contributed by atoms with E-state index in [9.17, 15) is 8.42 Å². The van der Waals surface area contributed by atoms with Gasteiger partial charge < -0.3 is 9.47 Å². The summed E-state index contributed by atoms with van der Waals surface area (Å²) in [4.78, 5) is 0. The van der Waals surface area contributed by atoms with Crippen LogP contribution in [0.25, 0.3) is 0 Å². The van der Waals surface area contributed by atoms with Gasteiger partial charge in [-0.2, -0.15) is 8.42 Å². The van der Waals surface area contributed by atoms with Gasteiger partial charge in [0, 0.05) is 5.56 Å². The fourth-order valence-electron chi connectivity index (χ4n) is 3.76. The lowest BCUT2D eigenvalue weighted by molar-refractivity contribution is 0.0838. The second-order valence-corrected chi connectivity index (χ2v) is 9.44. The molecular weight excluding hydrogens is 376 g/mol. The van der Waals surface area contributed by atoms with Gasteiger partial charge >= 0.3 is 0 Å². The van der Waals surface area contributed by atoms with Crippen LogP contribution < -0.4 is 9.47 Å². The van der Waals surface area contributed by atoms with E-state index >= 15 is 0 Å². The number of hydrogen-bond acceptors (Lipinski definition) is 5. The second kappa shape index (κ2) is 7.76. The van der Waals surface area contributed by atoms with Gasteiger partial charge in [-0.15, -0.1) is 0 Å². The molecule has 1 heterocycles. The van der Waals surface area contributed by atoms with Crippen LogP contribution in [0.4, 0.5) is 0 Å². The first kappa shape index (κ1) is 20.7. The van der Waals surface area contributed by atoms with Crippen LogP contribution >= 0.6 is 0 Å². The van der Waals surface area contributed by atoms with E-state index in [4.69, 9.17) is 9.47 Å². The highest BCUT2D eigenvalue weighted by Crippen LogP contribution is 2.44. The minimum atomic E-state index is -3.61. The molecule has 0 spiro atoms. The van der Waals surface area contributed by atoms with Crippen LogP contribution in [0.15, 0.2) is 30.3 Å². The second-order valence-electron chi connectivity index (χ2n) is 7.71. The van der Waals surface area contributed by atoms with Crippen LogP contribution in [0.2, 0.25) is 0 Å². The van der Waals surface area contributed by atoms with E-state index in [-0.39, 0.29) is 5.75 Å². The molecule has 0 fully saturated rings. The van der Waals surface area contributed by atoms with Crippen molar-refractivity contribution in [1.82, 2.24) is 0 Å². The summed E-state index contributed by atoms with van der Waals surface area (Å²) in [6, 6.07) is 10.1. The molecule has 0 saturated carbocycles. The van der Waals surface area contributed by atoms with Gasteiger partial charge in [0.05, 0.1) is 7.11 Å². The quantitative estimate of drug-likeness (QED) is 0.674. The number of hydrogen-bond donors (Lipinski definition) is 0. The fraction of sp³-hybridized carbons (Fsp3) is 0.455. The SMILES string of the molecule is COS(=O)(=O)CC1(C)CCc2c(C)c(OCc3ccccc3)c(C)c(C)c2O1. The molecular formula is C22H28O5S. The number of ether oxygens (including phenoxy) is 2. The Morgan fingerprint density at radius 1 is 1.07 bits per heavy atom. The van der Waals surface area contributed by atoms with Crippen molar-refractivity contribution < 1.29 is 22.1 Å². The van der Waals surface area contributed by atoms with Crippen molar-refractivity contribution in [2.24, 2.45) is 0 Å². The van der Waals surface area contributed by atoms with E-state index < -0.39 is 15.7 Å². The Bertz CT molecular complexity index is 966. The molecule has 6 heteroatoms. The monoisotopic (exact) mass is 404 g/mol. The van der Waals surface area contributed by atoms with E-state index in [0.29, 0.717) is 13.0 Å². The summed E-state index contributed by atoms with van der Waals surface area (Å²) in [7, 11) is -2.42. The third-order valence-electron chi connectivity index (χ3n) is 5.53. The third-order valence-corrected chi connectivity index (χ3v) is 7.00. The standard InChI is InChI=1S/C22H28O5S/c1-15-16(2)21-19(11-12-22(4,27-21)14-28(23,24)25-5)17(3)20(15)26-13-18-9-7-6-8-10-18/h6-10H,11-14H2,1-5H3. The van der Waals surface area contributed by atoms with Crippen LogP contribution in [0, 0.1) is 20.8 Å². The molecule has 152 valence electrons. The molecule has 1 aliphatic heterocycles. The summed E-state index contributed by atoms with van der Waals surface area (Å²) in [5.74, 6) is 1.50. The first-order chi connectivity index (χ1) is 13.2. The van der Waals surface area contributed by atoms with E-state index in [1.165, 1.54) is 7.11 Å². The average molecular weight is 405 g/mol. The lowest BCUT2D eigenvalue weighted by Gasteiger charge is -2.37. The molecule has 0 saturated heterocycles. The minimum absolute atomic E-state index is 0.167. The van der Waals surface area contributed by atoms with Crippen molar-refractivity contribution in [2.75, 3.05) is 12.9 Å². The zero-order chi connectivity index (χ0) is 20.5. The van der Waals surface area contributed by atoms with Crippen molar-refractivity contribution in [3.63, 3.8) is 0 Å². The molecule has 5 nitrogen and oxygen atoms in total. The smallest absolute Gasteiger partial charge is 0.271 e. The zero-order valence-corrected chi connectivity index (χ0v) is 18.0. The van der Waals surface area contributed by atoms with Crippen LogP contribution in [0.1, 0.15) is 41.2 Å². The van der Waals surface area contributed by atoms with Crippen LogP contribution in [-0.2, 0) is 27.3 Å². The number of benzene rings is 2. The maximum atomic E-state index is 12.0. The Balaban J connectivity index is 1.91. The van der Waals surface area contributed by atoms with Gasteiger partial charge in [0.25, 0.3) is 10.1 Å². The lowest BCUT2D eigenvalue weighted by Crippen LogP contribution is -2.43. The van der Waals surface area contributed by atoms with Crippen LogP contribution in [0.5, 0.6) is 11.5 Å². The first-order valence-electron chi connectivity index (χ1n) is 9.42. The van der Waals surface area contributed by atoms with Gasteiger partial charge in [-0.1, -0.05) is 30.3 Å². The van der Waals surface area contributed by atoms with E-state index in [0.717, 1.165) is 45.7 Å². The summed E-state index contributed by atoms with van der Waals surface area (Å²) < 4.78 is 41.0. The Labute approximate surface area is 167 Å². The molecule has 1 unspecified atom stereocenters. The van der Waals surface area contributed by atoms with Gasteiger partial charge in [0.2, 0.25) is 0 Å². The predicted octanol–water partition coefficient (Wildman–Crippen LogP) is 4.25. The molecule has 1 atom stereocenters. The summed E-state index contributed by atoms with van der Waals surface area (Å²) in [6.45, 7) is 8.40. The Kier molecular flexibility index (Phi) is 5.73. The maximum absolute atomic E-state index is 12.0. The third kappa shape index (κ3) is 4.18.